The van der Waals surface area contributed by atoms with E-state index in [1.807, 2.05) is 4.90 Å². The Morgan fingerprint density at radius 2 is 2.05 bits per heavy atom. The van der Waals surface area contributed by atoms with Crippen LogP contribution < -0.4 is 4.90 Å². The molecule has 0 aliphatic carbocycles. The van der Waals surface area contributed by atoms with Gasteiger partial charge in [0, 0.05) is 24.2 Å². The number of nitrogens with zero attached hydrogens (tertiary/aromatic N) is 1. The van der Waals surface area contributed by atoms with Crippen molar-refractivity contribution in [2.24, 2.45) is 5.92 Å². The molecule has 1 heterocycles. The number of halogens is 4. The molecular formula is C15H19ClF3N. The van der Waals surface area contributed by atoms with Gasteiger partial charge in [0.25, 0.3) is 0 Å². The summed E-state index contributed by atoms with van der Waals surface area (Å²) in [6.07, 6.45) is -2.45. The average molecular weight is 306 g/mol. The summed E-state index contributed by atoms with van der Waals surface area (Å²) in [5, 5.41) is 0. The number of benzene rings is 1. The van der Waals surface area contributed by atoms with Crippen molar-refractivity contribution in [3.05, 3.63) is 29.3 Å². The molecule has 0 bridgehead atoms. The first-order valence-electron chi connectivity index (χ1n) is 6.87. The van der Waals surface area contributed by atoms with E-state index in [0.29, 0.717) is 23.7 Å². The van der Waals surface area contributed by atoms with E-state index in [-0.39, 0.29) is 11.9 Å². The van der Waals surface area contributed by atoms with Gasteiger partial charge in [0.05, 0.1) is 5.56 Å². The van der Waals surface area contributed by atoms with Crippen LogP contribution in [0.3, 0.4) is 0 Å². The van der Waals surface area contributed by atoms with Crippen molar-refractivity contribution < 1.29 is 13.2 Å². The van der Waals surface area contributed by atoms with Gasteiger partial charge in [-0.1, -0.05) is 19.9 Å². The Morgan fingerprint density at radius 3 is 2.60 bits per heavy atom. The normalized spacial score (nSPS) is 19.9. The molecule has 1 nitrogen and oxygen atoms in total. The molecule has 1 aromatic carbocycles. The fourth-order valence-corrected chi connectivity index (χ4v) is 3.09. The van der Waals surface area contributed by atoms with Crippen molar-refractivity contribution in [2.45, 2.75) is 44.8 Å². The zero-order chi connectivity index (χ0) is 14.9. The maximum Gasteiger partial charge on any atom is 0.418 e. The van der Waals surface area contributed by atoms with Gasteiger partial charge < -0.3 is 4.90 Å². The van der Waals surface area contributed by atoms with E-state index < -0.39 is 11.7 Å². The lowest BCUT2D eigenvalue weighted by Gasteiger charge is -2.32. The molecule has 1 aliphatic heterocycles. The van der Waals surface area contributed by atoms with Crippen molar-refractivity contribution in [3.8, 4) is 0 Å². The Morgan fingerprint density at radius 1 is 1.35 bits per heavy atom. The first kappa shape index (κ1) is 15.5. The molecule has 0 radical (unpaired) electrons. The smallest absolute Gasteiger partial charge is 0.368 e. The molecule has 1 atom stereocenters. The first-order valence-corrected chi connectivity index (χ1v) is 7.40. The second kappa shape index (κ2) is 5.84. The Bertz CT molecular complexity index is 471. The van der Waals surface area contributed by atoms with Gasteiger partial charge in [0.1, 0.15) is 0 Å². The molecule has 1 fully saturated rings. The summed E-state index contributed by atoms with van der Waals surface area (Å²) in [5.74, 6) is 0.433. The fourth-order valence-electron chi connectivity index (χ4n) is 2.93. The van der Waals surface area contributed by atoms with Gasteiger partial charge in [-0.2, -0.15) is 13.2 Å². The second-order valence-corrected chi connectivity index (χ2v) is 5.90. The van der Waals surface area contributed by atoms with Crippen LogP contribution in [-0.4, -0.2) is 12.6 Å². The Hall–Kier alpha value is -0.900. The van der Waals surface area contributed by atoms with E-state index in [4.69, 9.17) is 11.6 Å². The zero-order valence-corrected chi connectivity index (χ0v) is 12.4. The predicted octanol–water partition coefficient (Wildman–Crippen LogP) is 5.07. The van der Waals surface area contributed by atoms with Crippen LogP contribution in [-0.2, 0) is 12.1 Å². The van der Waals surface area contributed by atoms with E-state index in [1.165, 1.54) is 6.07 Å². The molecule has 112 valence electrons. The minimum absolute atomic E-state index is 0.0942. The number of hydrogen-bond donors (Lipinski definition) is 0. The summed E-state index contributed by atoms with van der Waals surface area (Å²) in [4.78, 5) is 1.91. The first-order chi connectivity index (χ1) is 9.34. The lowest BCUT2D eigenvalue weighted by molar-refractivity contribution is -0.137. The lowest BCUT2D eigenvalue weighted by Crippen LogP contribution is -2.34. The fraction of sp³-hybridized carbons (Fsp3) is 0.600. The molecule has 5 heteroatoms. The largest absolute Gasteiger partial charge is 0.418 e. The Balaban J connectivity index is 2.45. The topological polar surface area (TPSA) is 3.24 Å². The third-order valence-corrected chi connectivity index (χ3v) is 4.21. The van der Waals surface area contributed by atoms with Crippen molar-refractivity contribution in [3.63, 3.8) is 0 Å². The van der Waals surface area contributed by atoms with Crippen molar-refractivity contribution >= 4 is 17.3 Å². The number of rotatable bonds is 3. The van der Waals surface area contributed by atoms with Gasteiger partial charge in [-0.25, -0.2) is 0 Å². The Labute approximate surface area is 122 Å². The quantitative estimate of drug-likeness (QED) is 0.705. The summed E-state index contributed by atoms with van der Waals surface area (Å²) in [6.45, 7) is 4.80. The Kier molecular flexibility index (Phi) is 4.52. The second-order valence-electron chi connectivity index (χ2n) is 5.63. The highest BCUT2D eigenvalue weighted by Crippen LogP contribution is 2.40. The average Bonchev–Trinajstić information content (AvgIpc) is 2.86. The summed E-state index contributed by atoms with van der Waals surface area (Å²) in [5.41, 5.74) is 0.230. The van der Waals surface area contributed by atoms with E-state index in [0.717, 1.165) is 12.8 Å². The molecule has 0 amide bonds. The predicted molar refractivity (Wildman–Crippen MR) is 76.2 cm³/mol. The summed E-state index contributed by atoms with van der Waals surface area (Å²) in [7, 11) is 0. The highest BCUT2D eigenvalue weighted by Gasteiger charge is 2.38. The van der Waals surface area contributed by atoms with Gasteiger partial charge in [-0.15, -0.1) is 11.6 Å². The highest BCUT2D eigenvalue weighted by molar-refractivity contribution is 6.17. The van der Waals surface area contributed by atoms with E-state index in [1.54, 1.807) is 12.1 Å². The number of anilines is 1. The summed E-state index contributed by atoms with van der Waals surface area (Å²) in [6, 6.07) is 4.62. The van der Waals surface area contributed by atoms with Crippen LogP contribution in [0.5, 0.6) is 0 Å². The van der Waals surface area contributed by atoms with Crippen LogP contribution in [0.25, 0.3) is 0 Å². The standard InChI is InChI=1S/C15H19ClF3N/c1-10(2)13-4-3-7-20(13)14-6-5-11(9-16)8-12(14)15(17,18)19/h5-6,8,10,13H,3-4,7,9H2,1-2H3. The summed E-state index contributed by atoms with van der Waals surface area (Å²) >= 11 is 5.66. The zero-order valence-electron chi connectivity index (χ0n) is 11.7. The molecule has 1 aliphatic rings. The van der Waals surface area contributed by atoms with Crippen molar-refractivity contribution in [2.75, 3.05) is 11.4 Å². The molecule has 0 saturated carbocycles. The monoisotopic (exact) mass is 305 g/mol. The minimum atomic E-state index is -4.35. The van der Waals surface area contributed by atoms with Gasteiger partial charge in [-0.3, -0.25) is 0 Å². The van der Waals surface area contributed by atoms with Gasteiger partial charge in [0.15, 0.2) is 0 Å². The van der Waals surface area contributed by atoms with Crippen LogP contribution in [0.2, 0.25) is 0 Å². The minimum Gasteiger partial charge on any atom is -0.368 e. The molecule has 0 aromatic heterocycles. The maximum atomic E-state index is 13.3. The number of alkyl halides is 4. The van der Waals surface area contributed by atoms with E-state index in [2.05, 4.69) is 13.8 Å². The summed E-state index contributed by atoms with van der Waals surface area (Å²) < 4.78 is 39.8. The van der Waals surface area contributed by atoms with Crippen LogP contribution >= 0.6 is 11.6 Å². The number of hydrogen-bond acceptors (Lipinski definition) is 1. The molecule has 1 unspecified atom stereocenters. The van der Waals surface area contributed by atoms with Crippen LogP contribution in [0.1, 0.15) is 37.8 Å². The molecule has 1 aromatic rings. The molecule has 0 N–H and O–H groups in total. The van der Waals surface area contributed by atoms with Gasteiger partial charge in [-0.05, 0) is 36.5 Å². The highest BCUT2D eigenvalue weighted by atomic mass is 35.5. The van der Waals surface area contributed by atoms with Crippen LogP contribution in [0.15, 0.2) is 18.2 Å². The van der Waals surface area contributed by atoms with E-state index in [9.17, 15) is 13.2 Å². The third-order valence-electron chi connectivity index (χ3n) is 3.90. The van der Waals surface area contributed by atoms with Crippen LogP contribution in [0, 0.1) is 5.92 Å². The molecule has 1 saturated heterocycles. The molecular weight excluding hydrogens is 287 g/mol. The molecule has 2 rings (SSSR count). The van der Waals surface area contributed by atoms with Crippen LogP contribution in [0.4, 0.5) is 18.9 Å². The third kappa shape index (κ3) is 3.05. The lowest BCUT2D eigenvalue weighted by atomic mass is 10.00. The molecule has 0 spiro atoms. The SMILES string of the molecule is CC(C)C1CCCN1c1ccc(CCl)cc1C(F)(F)F. The van der Waals surface area contributed by atoms with Gasteiger partial charge >= 0.3 is 6.18 Å². The maximum absolute atomic E-state index is 13.3. The van der Waals surface area contributed by atoms with Crippen molar-refractivity contribution in [1.29, 1.82) is 0 Å². The molecule has 20 heavy (non-hydrogen) atoms. The van der Waals surface area contributed by atoms with Gasteiger partial charge in [0.2, 0.25) is 0 Å². The van der Waals surface area contributed by atoms with E-state index >= 15 is 0 Å². The van der Waals surface area contributed by atoms with Crippen molar-refractivity contribution in [1.82, 2.24) is 0 Å².